The molecule has 2 aromatic heterocycles. The van der Waals surface area contributed by atoms with Gasteiger partial charge in [0, 0.05) is 26.7 Å². The minimum absolute atomic E-state index is 0.169. The van der Waals surface area contributed by atoms with E-state index in [0.717, 1.165) is 28.8 Å². The van der Waals surface area contributed by atoms with E-state index < -0.39 is 0 Å². The van der Waals surface area contributed by atoms with E-state index in [2.05, 4.69) is 58.7 Å². The van der Waals surface area contributed by atoms with Crippen molar-refractivity contribution in [2.24, 2.45) is 0 Å². The average Bonchev–Trinajstić information content (AvgIpc) is 3.08. The standard InChI is InChI=1S/C17H18BrNOS/c1-3-13-15(11-7-5-6-8-14(11)20-13)16(19-4-2)17-12(18)9-10-21-17/h5-10,16,19H,3-4H2,1-2H3. The molecule has 2 nitrogen and oxygen atoms in total. The molecular weight excluding hydrogens is 346 g/mol. The van der Waals surface area contributed by atoms with Crippen LogP contribution in [0.2, 0.25) is 0 Å². The molecule has 2 heterocycles. The number of rotatable bonds is 5. The van der Waals surface area contributed by atoms with Gasteiger partial charge in [0.05, 0.1) is 6.04 Å². The van der Waals surface area contributed by atoms with E-state index >= 15 is 0 Å². The van der Waals surface area contributed by atoms with Gasteiger partial charge in [-0.3, -0.25) is 0 Å². The van der Waals surface area contributed by atoms with E-state index in [1.807, 2.05) is 12.1 Å². The van der Waals surface area contributed by atoms with E-state index in [4.69, 9.17) is 4.42 Å². The lowest BCUT2D eigenvalue weighted by Gasteiger charge is -2.18. The Morgan fingerprint density at radius 2 is 2.05 bits per heavy atom. The van der Waals surface area contributed by atoms with Crippen molar-refractivity contribution in [1.82, 2.24) is 5.32 Å². The van der Waals surface area contributed by atoms with Gasteiger partial charge in [0.25, 0.3) is 0 Å². The summed E-state index contributed by atoms with van der Waals surface area (Å²) in [6, 6.07) is 10.6. The zero-order chi connectivity index (χ0) is 14.8. The van der Waals surface area contributed by atoms with Crippen LogP contribution in [0.25, 0.3) is 11.0 Å². The average molecular weight is 364 g/mol. The second-order valence-corrected chi connectivity index (χ2v) is 6.71. The second kappa shape index (κ2) is 6.34. The molecule has 110 valence electrons. The lowest BCUT2D eigenvalue weighted by Crippen LogP contribution is -2.22. The van der Waals surface area contributed by atoms with Crippen molar-refractivity contribution in [1.29, 1.82) is 0 Å². The number of benzene rings is 1. The van der Waals surface area contributed by atoms with E-state index in [-0.39, 0.29) is 6.04 Å². The number of furan rings is 1. The summed E-state index contributed by atoms with van der Waals surface area (Å²) < 4.78 is 7.22. The summed E-state index contributed by atoms with van der Waals surface area (Å²) in [5.41, 5.74) is 2.25. The van der Waals surface area contributed by atoms with Gasteiger partial charge in [-0.1, -0.05) is 32.0 Å². The molecule has 0 aliphatic rings. The molecule has 1 aromatic carbocycles. The number of fused-ring (bicyclic) bond motifs is 1. The molecule has 3 rings (SSSR count). The minimum Gasteiger partial charge on any atom is -0.461 e. The first kappa shape index (κ1) is 14.8. The summed E-state index contributed by atoms with van der Waals surface area (Å²) in [4.78, 5) is 1.30. The lowest BCUT2D eigenvalue weighted by atomic mass is 10.00. The van der Waals surface area contributed by atoms with Gasteiger partial charge < -0.3 is 9.73 Å². The minimum atomic E-state index is 0.169. The first-order chi connectivity index (χ1) is 10.3. The molecule has 21 heavy (non-hydrogen) atoms. The summed E-state index contributed by atoms with van der Waals surface area (Å²) >= 11 is 5.45. The van der Waals surface area contributed by atoms with E-state index in [1.165, 1.54) is 15.8 Å². The van der Waals surface area contributed by atoms with Gasteiger partial charge in [-0.25, -0.2) is 0 Å². The summed E-state index contributed by atoms with van der Waals surface area (Å²) in [5, 5.41) is 6.95. The predicted octanol–water partition coefficient (Wildman–Crippen LogP) is 5.52. The van der Waals surface area contributed by atoms with Crippen molar-refractivity contribution in [3.8, 4) is 0 Å². The smallest absolute Gasteiger partial charge is 0.134 e. The fraction of sp³-hybridized carbons (Fsp3) is 0.294. The molecule has 0 spiro atoms. The normalized spacial score (nSPS) is 12.9. The lowest BCUT2D eigenvalue weighted by molar-refractivity contribution is 0.535. The van der Waals surface area contributed by atoms with Crippen LogP contribution in [0.3, 0.4) is 0 Å². The zero-order valence-corrected chi connectivity index (χ0v) is 14.6. The van der Waals surface area contributed by atoms with Crippen molar-refractivity contribution in [2.75, 3.05) is 6.54 Å². The number of thiophene rings is 1. The number of hydrogen-bond acceptors (Lipinski definition) is 3. The molecular formula is C17H18BrNOS. The first-order valence-electron chi connectivity index (χ1n) is 7.22. The molecule has 0 radical (unpaired) electrons. The van der Waals surface area contributed by atoms with Crippen LogP contribution >= 0.6 is 27.3 Å². The van der Waals surface area contributed by atoms with Crippen molar-refractivity contribution >= 4 is 38.2 Å². The summed E-state index contributed by atoms with van der Waals surface area (Å²) in [6.45, 7) is 5.20. The molecule has 1 N–H and O–H groups in total. The van der Waals surface area contributed by atoms with Crippen LogP contribution in [0.15, 0.2) is 44.6 Å². The fourth-order valence-corrected chi connectivity index (χ4v) is 4.42. The Balaban J connectivity index is 2.21. The molecule has 1 atom stereocenters. The summed E-state index contributed by atoms with van der Waals surface area (Å²) in [6.07, 6.45) is 0.898. The van der Waals surface area contributed by atoms with Gasteiger partial charge >= 0.3 is 0 Å². The Kier molecular flexibility index (Phi) is 4.48. The molecule has 0 bridgehead atoms. The highest BCUT2D eigenvalue weighted by Crippen LogP contribution is 2.39. The van der Waals surface area contributed by atoms with Crippen LogP contribution in [-0.4, -0.2) is 6.54 Å². The largest absolute Gasteiger partial charge is 0.461 e. The maximum Gasteiger partial charge on any atom is 0.134 e. The first-order valence-corrected chi connectivity index (χ1v) is 8.90. The van der Waals surface area contributed by atoms with Crippen LogP contribution < -0.4 is 5.32 Å². The quantitative estimate of drug-likeness (QED) is 0.645. The van der Waals surface area contributed by atoms with Crippen LogP contribution in [-0.2, 0) is 6.42 Å². The van der Waals surface area contributed by atoms with Gasteiger partial charge in [-0.05, 0) is 40.0 Å². The maximum absolute atomic E-state index is 6.06. The third-order valence-corrected chi connectivity index (χ3v) is 5.57. The molecule has 0 aliphatic heterocycles. The third-order valence-electron chi connectivity index (χ3n) is 3.64. The van der Waals surface area contributed by atoms with Gasteiger partial charge in [0.15, 0.2) is 0 Å². The topological polar surface area (TPSA) is 25.2 Å². The van der Waals surface area contributed by atoms with Crippen molar-refractivity contribution in [3.63, 3.8) is 0 Å². The highest BCUT2D eigenvalue weighted by molar-refractivity contribution is 9.10. The third kappa shape index (κ3) is 2.68. The molecule has 1 unspecified atom stereocenters. The maximum atomic E-state index is 6.06. The van der Waals surface area contributed by atoms with Gasteiger partial charge in [-0.2, -0.15) is 0 Å². The van der Waals surface area contributed by atoms with Crippen LogP contribution in [0.5, 0.6) is 0 Å². The van der Waals surface area contributed by atoms with Crippen molar-refractivity contribution < 1.29 is 4.42 Å². The van der Waals surface area contributed by atoms with Gasteiger partial charge in [0.1, 0.15) is 11.3 Å². The molecule has 4 heteroatoms. The van der Waals surface area contributed by atoms with Crippen molar-refractivity contribution in [2.45, 2.75) is 26.3 Å². The molecule has 3 aromatic rings. The van der Waals surface area contributed by atoms with E-state index in [9.17, 15) is 0 Å². The molecule has 0 fully saturated rings. The molecule has 0 saturated heterocycles. The molecule has 0 amide bonds. The fourth-order valence-electron chi connectivity index (χ4n) is 2.74. The predicted molar refractivity (Wildman–Crippen MR) is 93.1 cm³/mol. The number of para-hydroxylation sites is 1. The number of halogens is 1. The van der Waals surface area contributed by atoms with Crippen molar-refractivity contribution in [3.05, 3.63) is 56.4 Å². The highest BCUT2D eigenvalue weighted by Gasteiger charge is 2.25. The SMILES string of the molecule is CCNC(c1sccc1Br)c1c(CC)oc2ccccc12. The Bertz CT molecular complexity index is 746. The summed E-state index contributed by atoms with van der Waals surface area (Å²) in [5.74, 6) is 1.07. The zero-order valence-electron chi connectivity index (χ0n) is 12.2. The highest BCUT2D eigenvalue weighted by atomic mass is 79.9. The monoisotopic (exact) mass is 363 g/mol. The molecule has 0 saturated carbocycles. The Morgan fingerprint density at radius 3 is 2.71 bits per heavy atom. The Morgan fingerprint density at radius 1 is 1.24 bits per heavy atom. The molecule has 0 aliphatic carbocycles. The summed E-state index contributed by atoms with van der Waals surface area (Å²) in [7, 11) is 0. The van der Waals surface area contributed by atoms with Gasteiger partial charge in [-0.15, -0.1) is 11.3 Å². The number of nitrogens with one attached hydrogen (secondary N) is 1. The van der Waals surface area contributed by atoms with E-state index in [0.29, 0.717) is 0 Å². The Labute approximate surface area is 137 Å². The Hall–Kier alpha value is -1.10. The second-order valence-electron chi connectivity index (χ2n) is 4.91. The number of aryl methyl sites for hydroxylation is 1. The van der Waals surface area contributed by atoms with E-state index in [1.54, 1.807) is 11.3 Å². The van der Waals surface area contributed by atoms with Crippen LogP contribution in [0, 0.1) is 0 Å². The van der Waals surface area contributed by atoms with Crippen LogP contribution in [0.4, 0.5) is 0 Å². The van der Waals surface area contributed by atoms with Gasteiger partial charge in [0.2, 0.25) is 0 Å². The van der Waals surface area contributed by atoms with Crippen LogP contribution in [0.1, 0.15) is 36.1 Å². The number of hydrogen-bond donors (Lipinski definition) is 1.